The Hall–Kier alpha value is 0.337. The summed E-state index contributed by atoms with van der Waals surface area (Å²) in [4.78, 5) is 0. The molecule has 0 N–H and O–H groups in total. The van der Waals surface area contributed by atoms with Gasteiger partial charge < -0.3 is 0 Å². The maximum absolute atomic E-state index is 3.48. The fourth-order valence-corrected chi connectivity index (χ4v) is 0. The van der Waals surface area contributed by atoms with Crippen molar-refractivity contribution in [2.75, 3.05) is 0 Å². The van der Waals surface area contributed by atoms with E-state index in [2.05, 4.69) is 13.5 Å². The van der Waals surface area contributed by atoms with E-state index in [9.17, 15) is 0 Å². The zero-order chi connectivity index (χ0) is 3.41. The molecule has 0 heterocycles. The molecule has 1 heteroatoms. The molecule has 0 aliphatic rings. The van der Waals surface area contributed by atoms with E-state index in [0.717, 1.165) is 6.42 Å². The third-order valence-electron chi connectivity index (χ3n) is 0.289. The summed E-state index contributed by atoms with van der Waals surface area (Å²) in [5.41, 5.74) is 0. The van der Waals surface area contributed by atoms with E-state index in [0.29, 0.717) is 0 Å². The Bertz CT molecular complexity index is 17.6. The van der Waals surface area contributed by atoms with Crippen molar-refractivity contribution >= 4 is 18.9 Å². The minimum Gasteiger partial charge on any atom is -0.103 e. The third-order valence-corrected chi connectivity index (χ3v) is 0.289. The van der Waals surface area contributed by atoms with Gasteiger partial charge in [-0.25, -0.2) is 0 Å². The molecular formula is C4H8Li. The Morgan fingerprint density at radius 3 is 2.00 bits per heavy atom. The molecule has 0 saturated carbocycles. The van der Waals surface area contributed by atoms with E-state index in [1.165, 1.54) is 0 Å². The first-order valence-electron chi connectivity index (χ1n) is 1.52. The summed E-state index contributed by atoms with van der Waals surface area (Å²) in [6, 6.07) is 0. The molecule has 0 aromatic rings. The van der Waals surface area contributed by atoms with Crippen LogP contribution in [0.2, 0.25) is 0 Å². The van der Waals surface area contributed by atoms with Gasteiger partial charge in [0.2, 0.25) is 0 Å². The second-order valence-corrected chi connectivity index (χ2v) is 0.697. The molecule has 0 atom stereocenters. The van der Waals surface area contributed by atoms with Gasteiger partial charge in [0.1, 0.15) is 0 Å². The monoisotopic (exact) mass is 63.1 g/mol. The van der Waals surface area contributed by atoms with Crippen LogP contribution in [-0.4, -0.2) is 18.9 Å². The molecule has 0 nitrogen and oxygen atoms in total. The molecule has 0 unspecified atom stereocenters. The maximum atomic E-state index is 3.48. The van der Waals surface area contributed by atoms with Crippen LogP contribution in [0, 0.1) is 0 Å². The van der Waals surface area contributed by atoms with Crippen LogP contribution in [0.5, 0.6) is 0 Å². The Labute approximate surface area is 45.4 Å². The van der Waals surface area contributed by atoms with E-state index < -0.39 is 0 Å². The standard InChI is InChI=1S/C4H8.Li/c1-3-4-2;/h3H,1,4H2,2H3;. The number of hydrogen-bond donors (Lipinski definition) is 0. The minimum absolute atomic E-state index is 0. The SMILES string of the molecule is C=CCC.[Li]. The summed E-state index contributed by atoms with van der Waals surface area (Å²) < 4.78 is 0. The van der Waals surface area contributed by atoms with Crippen LogP contribution >= 0.6 is 0 Å². The molecule has 0 spiro atoms. The summed E-state index contributed by atoms with van der Waals surface area (Å²) in [7, 11) is 0. The van der Waals surface area contributed by atoms with Crippen molar-refractivity contribution < 1.29 is 0 Å². The predicted octanol–water partition coefficient (Wildman–Crippen LogP) is 1.20. The van der Waals surface area contributed by atoms with Gasteiger partial charge in [0.05, 0.1) is 0 Å². The summed E-state index contributed by atoms with van der Waals surface area (Å²) in [6.07, 6.45) is 2.96. The first-order chi connectivity index (χ1) is 1.91. The largest absolute Gasteiger partial charge is 0.103 e. The van der Waals surface area contributed by atoms with Crippen LogP contribution in [0.4, 0.5) is 0 Å². The Morgan fingerprint density at radius 2 is 2.00 bits per heavy atom. The van der Waals surface area contributed by atoms with Gasteiger partial charge in [-0.2, -0.15) is 0 Å². The van der Waals surface area contributed by atoms with Crippen molar-refractivity contribution in [1.82, 2.24) is 0 Å². The predicted molar refractivity (Wildman–Crippen MR) is 26.2 cm³/mol. The van der Waals surface area contributed by atoms with Gasteiger partial charge in [-0.3, -0.25) is 0 Å². The first-order valence-corrected chi connectivity index (χ1v) is 1.52. The molecule has 25 valence electrons. The van der Waals surface area contributed by atoms with Crippen LogP contribution in [-0.2, 0) is 0 Å². The fourth-order valence-electron chi connectivity index (χ4n) is 0. The maximum Gasteiger partial charge on any atom is 0 e. The summed E-state index contributed by atoms with van der Waals surface area (Å²) in [6.45, 7) is 5.54. The van der Waals surface area contributed by atoms with Crippen LogP contribution in [0.15, 0.2) is 12.7 Å². The van der Waals surface area contributed by atoms with Gasteiger partial charge in [-0.05, 0) is 6.42 Å². The molecule has 0 aliphatic carbocycles. The Morgan fingerprint density at radius 1 is 1.80 bits per heavy atom. The smallest absolute Gasteiger partial charge is 0 e. The third kappa shape index (κ3) is 13.2. The molecule has 5 heavy (non-hydrogen) atoms. The average Bonchev–Trinajstić information content (AvgIpc) is 1.37. The normalized spacial score (nSPS) is 5.00. The minimum atomic E-state index is 0. The molecule has 0 fully saturated rings. The molecule has 0 amide bonds. The van der Waals surface area contributed by atoms with Gasteiger partial charge in [0.25, 0.3) is 0 Å². The van der Waals surface area contributed by atoms with Crippen LogP contribution in [0.3, 0.4) is 0 Å². The van der Waals surface area contributed by atoms with E-state index in [4.69, 9.17) is 0 Å². The molecular weight excluding hydrogens is 55.0 g/mol. The van der Waals surface area contributed by atoms with Crippen LogP contribution in [0.25, 0.3) is 0 Å². The molecule has 0 aromatic carbocycles. The quantitative estimate of drug-likeness (QED) is 0.317. The molecule has 0 bridgehead atoms. The molecule has 0 saturated heterocycles. The zero-order valence-corrected chi connectivity index (χ0v) is 3.99. The van der Waals surface area contributed by atoms with E-state index in [-0.39, 0.29) is 18.9 Å². The Balaban J connectivity index is 0. The molecule has 0 rings (SSSR count). The summed E-state index contributed by atoms with van der Waals surface area (Å²) in [5.74, 6) is 0. The average molecular weight is 63.0 g/mol. The summed E-state index contributed by atoms with van der Waals surface area (Å²) >= 11 is 0. The van der Waals surface area contributed by atoms with Crippen molar-refractivity contribution in [3.05, 3.63) is 12.7 Å². The van der Waals surface area contributed by atoms with Crippen LogP contribution < -0.4 is 0 Å². The fraction of sp³-hybridized carbons (Fsp3) is 0.500. The van der Waals surface area contributed by atoms with Gasteiger partial charge in [0.15, 0.2) is 0 Å². The van der Waals surface area contributed by atoms with Crippen LogP contribution in [0.1, 0.15) is 13.3 Å². The topological polar surface area (TPSA) is 0 Å². The van der Waals surface area contributed by atoms with Gasteiger partial charge in [0, 0.05) is 18.9 Å². The number of hydrogen-bond acceptors (Lipinski definition) is 0. The van der Waals surface area contributed by atoms with Crippen molar-refractivity contribution in [3.8, 4) is 0 Å². The van der Waals surface area contributed by atoms with Crippen molar-refractivity contribution in [2.24, 2.45) is 0 Å². The van der Waals surface area contributed by atoms with E-state index >= 15 is 0 Å². The van der Waals surface area contributed by atoms with Gasteiger partial charge in [-0.15, -0.1) is 6.58 Å². The Kier molecular flexibility index (Phi) is 15.9. The van der Waals surface area contributed by atoms with E-state index in [1.807, 2.05) is 6.08 Å². The van der Waals surface area contributed by atoms with Crippen molar-refractivity contribution in [3.63, 3.8) is 0 Å². The molecule has 0 aliphatic heterocycles. The van der Waals surface area contributed by atoms with Gasteiger partial charge >= 0.3 is 0 Å². The summed E-state index contributed by atoms with van der Waals surface area (Å²) in [5, 5.41) is 0. The van der Waals surface area contributed by atoms with Gasteiger partial charge in [-0.1, -0.05) is 13.0 Å². The number of rotatable bonds is 1. The van der Waals surface area contributed by atoms with Crippen molar-refractivity contribution in [2.45, 2.75) is 13.3 Å². The second kappa shape index (κ2) is 8.84. The zero-order valence-electron chi connectivity index (χ0n) is 3.99. The number of allylic oxidation sites excluding steroid dienone is 1. The van der Waals surface area contributed by atoms with E-state index in [1.54, 1.807) is 0 Å². The molecule has 1 radical (unpaired) electrons. The second-order valence-electron chi connectivity index (χ2n) is 0.697. The first kappa shape index (κ1) is 9.02. The van der Waals surface area contributed by atoms with Crippen molar-refractivity contribution in [1.29, 1.82) is 0 Å². The molecule has 0 aromatic heterocycles.